The minimum absolute atomic E-state index is 0.00139. The van der Waals surface area contributed by atoms with E-state index in [-0.39, 0.29) is 24.3 Å². The summed E-state index contributed by atoms with van der Waals surface area (Å²) in [6.45, 7) is 2.63. The van der Waals surface area contributed by atoms with Gasteiger partial charge in [0.2, 0.25) is 0 Å². The Morgan fingerprint density at radius 3 is 2.37 bits per heavy atom. The van der Waals surface area contributed by atoms with E-state index in [0.29, 0.717) is 12.3 Å². The molecule has 0 radical (unpaired) electrons. The Hall–Kier alpha value is -2.77. The van der Waals surface area contributed by atoms with Crippen LogP contribution < -0.4 is 15.0 Å². The first-order valence-corrected chi connectivity index (χ1v) is 10.0. The highest BCUT2D eigenvalue weighted by molar-refractivity contribution is 5.77. The number of hydrogen-bond donors (Lipinski definition) is 3. The van der Waals surface area contributed by atoms with E-state index in [0.717, 1.165) is 23.2 Å². The van der Waals surface area contributed by atoms with Crippen molar-refractivity contribution in [3.63, 3.8) is 0 Å². The van der Waals surface area contributed by atoms with Gasteiger partial charge in [-0.25, -0.2) is 0 Å². The largest absolute Gasteiger partial charge is 0.508 e. The van der Waals surface area contributed by atoms with Gasteiger partial charge in [0.15, 0.2) is 6.61 Å². The van der Waals surface area contributed by atoms with Crippen LogP contribution in [0.5, 0.6) is 11.5 Å². The first-order chi connectivity index (χ1) is 14.2. The van der Waals surface area contributed by atoms with Crippen LogP contribution in [0.15, 0.2) is 42.5 Å². The number of aromatic hydroxyl groups is 1. The first-order valence-electron chi connectivity index (χ1n) is 10.0. The second kappa shape index (κ2) is 10.8. The molecule has 0 aromatic heterocycles. The van der Waals surface area contributed by atoms with E-state index in [2.05, 4.69) is 11.4 Å². The van der Waals surface area contributed by atoms with Crippen molar-refractivity contribution in [2.45, 2.75) is 25.5 Å². The Bertz CT molecular complexity index is 822. The summed E-state index contributed by atoms with van der Waals surface area (Å²) in [5.41, 5.74) is 2.80. The Morgan fingerprint density at radius 2 is 1.77 bits per heavy atom. The van der Waals surface area contributed by atoms with Gasteiger partial charge < -0.3 is 30.1 Å². The Kier molecular flexibility index (Phi) is 8.50. The molecule has 3 N–H and O–H groups in total. The van der Waals surface area contributed by atoms with Crippen LogP contribution in [0.3, 0.4) is 0 Å². The number of hydrogen-bond acceptors (Lipinski definition) is 6. The van der Waals surface area contributed by atoms with Crippen LogP contribution in [0.2, 0.25) is 0 Å². The maximum absolute atomic E-state index is 11.8. The Labute approximate surface area is 178 Å². The third kappa shape index (κ3) is 6.64. The molecule has 2 atom stereocenters. The maximum atomic E-state index is 11.8. The van der Waals surface area contributed by atoms with Gasteiger partial charge >= 0.3 is 0 Å². The van der Waals surface area contributed by atoms with Crippen molar-refractivity contribution in [3.05, 3.63) is 53.6 Å². The number of rotatable bonds is 10. The van der Waals surface area contributed by atoms with Gasteiger partial charge in [-0.2, -0.15) is 0 Å². The van der Waals surface area contributed by atoms with Crippen LogP contribution in [0, 0.1) is 0 Å². The second-order valence-corrected chi connectivity index (χ2v) is 7.80. The van der Waals surface area contributed by atoms with Gasteiger partial charge in [-0.15, -0.1) is 0 Å². The summed E-state index contributed by atoms with van der Waals surface area (Å²) in [6.07, 6.45) is 0.123. The zero-order chi connectivity index (χ0) is 22.3. The number of carbonyl (C=O) groups is 1. The van der Waals surface area contributed by atoms with Crippen LogP contribution in [0.1, 0.15) is 24.2 Å². The number of aliphatic hydroxyl groups is 1. The van der Waals surface area contributed by atoms with Crippen molar-refractivity contribution in [2.24, 2.45) is 0 Å². The number of benzene rings is 2. The number of anilines is 1. The summed E-state index contributed by atoms with van der Waals surface area (Å²) in [6, 6.07) is 12.4. The normalized spacial score (nSPS) is 12.9. The van der Waals surface area contributed by atoms with E-state index in [4.69, 9.17) is 4.74 Å². The van der Waals surface area contributed by atoms with Crippen molar-refractivity contribution in [1.29, 1.82) is 0 Å². The van der Waals surface area contributed by atoms with Gasteiger partial charge in [-0.05, 0) is 55.3 Å². The molecule has 0 saturated heterocycles. The summed E-state index contributed by atoms with van der Waals surface area (Å²) in [7, 11) is 7.28. The number of phenols is 1. The van der Waals surface area contributed by atoms with Gasteiger partial charge in [-0.3, -0.25) is 4.79 Å². The van der Waals surface area contributed by atoms with Crippen molar-refractivity contribution in [1.82, 2.24) is 10.2 Å². The fourth-order valence-electron chi connectivity index (χ4n) is 2.97. The van der Waals surface area contributed by atoms with Crippen LogP contribution in [0.25, 0.3) is 0 Å². The number of aliphatic hydroxyl groups excluding tert-OH is 1. The molecule has 1 amide bonds. The maximum Gasteiger partial charge on any atom is 0.259 e. The minimum atomic E-state index is -0.659. The molecule has 0 aliphatic rings. The lowest BCUT2D eigenvalue weighted by molar-refractivity contribution is -0.130. The van der Waals surface area contributed by atoms with E-state index in [9.17, 15) is 15.0 Å². The molecular formula is C23H33N3O4. The lowest BCUT2D eigenvalue weighted by Crippen LogP contribution is -2.33. The molecule has 7 nitrogen and oxygen atoms in total. The van der Waals surface area contributed by atoms with Crippen molar-refractivity contribution < 1.29 is 19.7 Å². The highest BCUT2D eigenvalue weighted by Crippen LogP contribution is 2.28. The average Bonchev–Trinajstić information content (AvgIpc) is 2.72. The number of nitrogens with zero attached hydrogens (tertiary/aromatic N) is 2. The quantitative estimate of drug-likeness (QED) is 0.552. The smallest absolute Gasteiger partial charge is 0.259 e. The fraction of sp³-hybridized carbons (Fsp3) is 0.435. The summed E-state index contributed by atoms with van der Waals surface area (Å²) < 4.78 is 5.71. The molecule has 0 bridgehead atoms. The zero-order valence-corrected chi connectivity index (χ0v) is 18.4. The van der Waals surface area contributed by atoms with Crippen LogP contribution in [-0.2, 0) is 11.2 Å². The third-order valence-corrected chi connectivity index (χ3v) is 4.94. The zero-order valence-electron chi connectivity index (χ0n) is 18.4. The highest BCUT2D eigenvalue weighted by Gasteiger charge is 2.16. The lowest BCUT2D eigenvalue weighted by atomic mass is 10.0. The number of carbonyl (C=O) groups excluding carboxylic acids is 1. The molecule has 2 aromatic rings. The monoisotopic (exact) mass is 415 g/mol. The van der Waals surface area contributed by atoms with Gasteiger partial charge in [0.1, 0.15) is 11.5 Å². The molecule has 0 heterocycles. The number of nitrogens with one attached hydrogen (secondary N) is 1. The van der Waals surface area contributed by atoms with Crippen LogP contribution in [-0.4, -0.2) is 68.4 Å². The van der Waals surface area contributed by atoms with Crippen molar-refractivity contribution in [3.8, 4) is 11.5 Å². The SMILES string of the molecule is C[C@H](NCCc1ccc(OCC(=O)N(C)C)c(N(C)C)c1)[C@H](O)c1ccc(O)cc1. The van der Waals surface area contributed by atoms with E-state index < -0.39 is 6.10 Å². The molecule has 2 aromatic carbocycles. The number of phenolic OH excluding ortho intramolecular Hbond substituents is 1. The number of amides is 1. The van der Waals surface area contributed by atoms with E-state index in [1.807, 2.05) is 38.1 Å². The number of likely N-dealkylation sites (N-methyl/N-ethyl adjacent to an activating group) is 1. The molecule has 0 fully saturated rings. The molecule has 2 rings (SSSR count). The van der Waals surface area contributed by atoms with Crippen molar-refractivity contribution >= 4 is 11.6 Å². The fourth-order valence-corrected chi connectivity index (χ4v) is 2.97. The molecule has 164 valence electrons. The molecule has 0 spiro atoms. The molecular weight excluding hydrogens is 382 g/mol. The average molecular weight is 416 g/mol. The van der Waals surface area contributed by atoms with Gasteiger partial charge in [0.05, 0.1) is 11.8 Å². The first kappa shape index (κ1) is 23.5. The second-order valence-electron chi connectivity index (χ2n) is 7.80. The third-order valence-electron chi connectivity index (χ3n) is 4.94. The lowest BCUT2D eigenvalue weighted by Gasteiger charge is -2.22. The van der Waals surface area contributed by atoms with Crippen LogP contribution in [0.4, 0.5) is 5.69 Å². The predicted molar refractivity (Wildman–Crippen MR) is 119 cm³/mol. The van der Waals surface area contributed by atoms with E-state index in [1.54, 1.807) is 38.4 Å². The van der Waals surface area contributed by atoms with E-state index in [1.165, 1.54) is 4.90 Å². The van der Waals surface area contributed by atoms with E-state index >= 15 is 0 Å². The minimum Gasteiger partial charge on any atom is -0.508 e. The molecule has 7 heteroatoms. The van der Waals surface area contributed by atoms with Crippen molar-refractivity contribution in [2.75, 3.05) is 46.2 Å². The van der Waals surface area contributed by atoms with Gasteiger partial charge in [-0.1, -0.05) is 18.2 Å². The Balaban J connectivity index is 1.93. The number of ether oxygens (including phenoxy) is 1. The predicted octanol–water partition coefficient (Wildman–Crippen LogP) is 2.18. The standard InChI is InChI=1S/C23H33N3O4/c1-16(23(29)18-7-9-19(27)10-8-18)24-13-12-17-6-11-21(20(14-17)25(2)3)30-15-22(28)26(4)5/h6-11,14,16,23-24,27,29H,12-13,15H2,1-5H3/t16-,23-/m0/s1. The topological polar surface area (TPSA) is 85.3 Å². The van der Waals surface area contributed by atoms with Crippen LogP contribution >= 0.6 is 0 Å². The summed E-state index contributed by atoms with van der Waals surface area (Å²) in [5, 5.41) is 23.2. The molecule has 0 aliphatic carbocycles. The molecule has 0 unspecified atom stereocenters. The molecule has 30 heavy (non-hydrogen) atoms. The van der Waals surface area contributed by atoms with Gasteiger partial charge in [0, 0.05) is 34.2 Å². The molecule has 0 saturated carbocycles. The summed E-state index contributed by atoms with van der Waals surface area (Å²) in [5.74, 6) is 0.763. The van der Waals surface area contributed by atoms with Gasteiger partial charge in [0.25, 0.3) is 5.91 Å². The molecule has 0 aliphatic heterocycles. The highest BCUT2D eigenvalue weighted by atomic mass is 16.5. The summed E-state index contributed by atoms with van der Waals surface area (Å²) >= 11 is 0. The summed E-state index contributed by atoms with van der Waals surface area (Å²) in [4.78, 5) is 15.3. The Morgan fingerprint density at radius 1 is 1.10 bits per heavy atom.